The van der Waals surface area contributed by atoms with Crippen LogP contribution in [-0.2, 0) is 0 Å². The van der Waals surface area contributed by atoms with Crippen molar-refractivity contribution in [3.05, 3.63) is 12.3 Å². The molecule has 2 atom stereocenters. The lowest BCUT2D eigenvalue weighted by atomic mass is 9.76. The van der Waals surface area contributed by atoms with E-state index in [-0.39, 0.29) is 0 Å². The standard InChI is InChI=1S/C11H21N/c1-8(2)9-6-7-12-10(9)11(3,4)5/h6-10,12H,1-5H3. The molecule has 1 rings (SSSR count). The van der Waals surface area contributed by atoms with Crippen LogP contribution in [0.5, 0.6) is 0 Å². The van der Waals surface area contributed by atoms with Gasteiger partial charge in [0.1, 0.15) is 0 Å². The Bertz CT molecular complexity index is 174. The van der Waals surface area contributed by atoms with Gasteiger partial charge in [0.15, 0.2) is 0 Å². The van der Waals surface area contributed by atoms with Gasteiger partial charge in [-0.3, -0.25) is 0 Å². The Labute approximate surface area is 76.2 Å². The Morgan fingerprint density at radius 3 is 2.17 bits per heavy atom. The Balaban J connectivity index is 2.69. The topological polar surface area (TPSA) is 12.0 Å². The van der Waals surface area contributed by atoms with Gasteiger partial charge < -0.3 is 5.32 Å². The van der Waals surface area contributed by atoms with Crippen LogP contribution >= 0.6 is 0 Å². The first-order chi connectivity index (χ1) is 5.43. The van der Waals surface area contributed by atoms with Crippen molar-refractivity contribution in [3.8, 4) is 0 Å². The van der Waals surface area contributed by atoms with E-state index in [0.29, 0.717) is 17.4 Å². The molecule has 0 aromatic rings. The molecule has 2 unspecified atom stereocenters. The molecule has 1 nitrogen and oxygen atoms in total. The fourth-order valence-corrected chi connectivity index (χ4v) is 1.93. The third kappa shape index (κ3) is 1.82. The van der Waals surface area contributed by atoms with Gasteiger partial charge in [0.05, 0.1) is 0 Å². The normalized spacial score (nSPS) is 29.5. The SMILES string of the molecule is CC(C)C1C=CNC1C(C)(C)C. The molecule has 0 radical (unpaired) electrons. The molecule has 1 heteroatoms. The third-order valence-electron chi connectivity index (χ3n) is 2.68. The third-order valence-corrected chi connectivity index (χ3v) is 2.68. The van der Waals surface area contributed by atoms with Gasteiger partial charge >= 0.3 is 0 Å². The molecule has 1 aliphatic heterocycles. The average Bonchev–Trinajstić information content (AvgIpc) is 2.30. The van der Waals surface area contributed by atoms with E-state index in [1.807, 2.05) is 0 Å². The first-order valence-electron chi connectivity index (χ1n) is 4.85. The van der Waals surface area contributed by atoms with Crippen LogP contribution < -0.4 is 5.32 Å². The van der Waals surface area contributed by atoms with Gasteiger partial charge in [-0.2, -0.15) is 0 Å². The van der Waals surface area contributed by atoms with E-state index in [1.54, 1.807) is 0 Å². The zero-order chi connectivity index (χ0) is 9.35. The lowest BCUT2D eigenvalue weighted by Gasteiger charge is -2.34. The van der Waals surface area contributed by atoms with Crippen molar-refractivity contribution in [1.29, 1.82) is 0 Å². The fourth-order valence-electron chi connectivity index (χ4n) is 1.93. The maximum absolute atomic E-state index is 3.45. The molecule has 0 fully saturated rings. The highest BCUT2D eigenvalue weighted by atomic mass is 14.9. The summed E-state index contributed by atoms with van der Waals surface area (Å²) in [6.45, 7) is 11.5. The molecule has 70 valence electrons. The van der Waals surface area contributed by atoms with Crippen molar-refractivity contribution in [2.24, 2.45) is 17.3 Å². The molecule has 0 aromatic carbocycles. The summed E-state index contributed by atoms with van der Waals surface area (Å²) in [5.41, 5.74) is 0.360. The first kappa shape index (κ1) is 9.63. The van der Waals surface area contributed by atoms with Crippen LogP contribution in [-0.4, -0.2) is 6.04 Å². The fraction of sp³-hybridized carbons (Fsp3) is 0.818. The molecule has 12 heavy (non-hydrogen) atoms. The molecule has 0 aromatic heterocycles. The minimum atomic E-state index is 0.360. The van der Waals surface area contributed by atoms with Crippen molar-refractivity contribution in [2.45, 2.75) is 40.7 Å². The molecular weight excluding hydrogens is 146 g/mol. The second-order valence-corrected chi connectivity index (χ2v) is 5.19. The minimum Gasteiger partial charge on any atom is -0.387 e. The van der Waals surface area contributed by atoms with Crippen molar-refractivity contribution < 1.29 is 0 Å². The summed E-state index contributed by atoms with van der Waals surface area (Å²) < 4.78 is 0. The first-order valence-corrected chi connectivity index (χ1v) is 4.85. The zero-order valence-electron chi connectivity index (χ0n) is 8.89. The van der Waals surface area contributed by atoms with Gasteiger partial charge in [0.25, 0.3) is 0 Å². The highest BCUT2D eigenvalue weighted by molar-refractivity contribution is 5.07. The van der Waals surface area contributed by atoms with Crippen molar-refractivity contribution >= 4 is 0 Å². The molecule has 0 spiro atoms. The van der Waals surface area contributed by atoms with Crippen molar-refractivity contribution in [2.75, 3.05) is 0 Å². The summed E-state index contributed by atoms with van der Waals surface area (Å²) >= 11 is 0. The maximum atomic E-state index is 3.45. The van der Waals surface area contributed by atoms with Crippen LogP contribution in [0.3, 0.4) is 0 Å². The van der Waals surface area contributed by atoms with Gasteiger partial charge in [-0.25, -0.2) is 0 Å². The largest absolute Gasteiger partial charge is 0.387 e. The molecule has 0 saturated carbocycles. The van der Waals surface area contributed by atoms with E-state index >= 15 is 0 Å². The summed E-state index contributed by atoms with van der Waals surface area (Å²) in [7, 11) is 0. The molecule has 0 bridgehead atoms. The summed E-state index contributed by atoms with van der Waals surface area (Å²) in [6.07, 6.45) is 4.42. The van der Waals surface area contributed by atoms with Crippen LogP contribution in [0.25, 0.3) is 0 Å². The van der Waals surface area contributed by atoms with E-state index < -0.39 is 0 Å². The monoisotopic (exact) mass is 167 g/mol. The van der Waals surface area contributed by atoms with E-state index in [4.69, 9.17) is 0 Å². The van der Waals surface area contributed by atoms with Crippen LogP contribution in [0.15, 0.2) is 12.3 Å². The summed E-state index contributed by atoms with van der Waals surface area (Å²) in [6, 6.07) is 0.609. The maximum Gasteiger partial charge on any atom is 0.0369 e. The number of hydrogen-bond donors (Lipinski definition) is 1. The van der Waals surface area contributed by atoms with Gasteiger partial charge in [-0.15, -0.1) is 0 Å². The predicted molar refractivity (Wildman–Crippen MR) is 53.8 cm³/mol. The smallest absolute Gasteiger partial charge is 0.0369 e. The average molecular weight is 167 g/mol. The van der Waals surface area contributed by atoms with E-state index in [2.05, 4.69) is 52.2 Å². The van der Waals surface area contributed by atoms with Crippen molar-refractivity contribution in [1.82, 2.24) is 5.32 Å². The van der Waals surface area contributed by atoms with Gasteiger partial charge in [0.2, 0.25) is 0 Å². The summed E-state index contributed by atoms with van der Waals surface area (Å²) in [4.78, 5) is 0. The number of nitrogens with one attached hydrogen (secondary N) is 1. The van der Waals surface area contributed by atoms with Gasteiger partial charge in [-0.05, 0) is 17.5 Å². The van der Waals surface area contributed by atoms with E-state index in [9.17, 15) is 0 Å². The van der Waals surface area contributed by atoms with Crippen LogP contribution in [0.4, 0.5) is 0 Å². The van der Waals surface area contributed by atoms with Crippen LogP contribution in [0, 0.1) is 17.3 Å². The Morgan fingerprint density at radius 1 is 1.25 bits per heavy atom. The second kappa shape index (κ2) is 3.12. The molecular formula is C11H21N. The molecule has 0 saturated heterocycles. The van der Waals surface area contributed by atoms with E-state index in [0.717, 1.165) is 5.92 Å². The molecule has 1 N–H and O–H groups in total. The Hall–Kier alpha value is -0.460. The second-order valence-electron chi connectivity index (χ2n) is 5.19. The quantitative estimate of drug-likeness (QED) is 0.633. The summed E-state index contributed by atoms with van der Waals surface area (Å²) in [5, 5.41) is 3.45. The molecule has 1 aliphatic rings. The minimum absolute atomic E-state index is 0.360. The van der Waals surface area contributed by atoms with Gasteiger partial charge in [-0.1, -0.05) is 40.7 Å². The summed E-state index contributed by atoms with van der Waals surface area (Å²) in [5.74, 6) is 1.44. The number of rotatable bonds is 1. The highest BCUT2D eigenvalue weighted by Crippen LogP contribution is 2.33. The highest BCUT2D eigenvalue weighted by Gasteiger charge is 2.34. The van der Waals surface area contributed by atoms with Crippen molar-refractivity contribution in [3.63, 3.8) is 0 Å². The molecule has 0 amide bonds. The Kier molecular flexibility index (Phi) is 2.50. The predicted octanol–water partition coefficient (Wildman–Crippen LogP) is 2.79. The zero-order valence-corrected chi connectivity index (χ0v) is 8.89. The Morgan fingerprint density at radius 2 is 1.83 bits per heavy atom. The van der Waals surface area contributed by atoms with Crippen LogP contribution in [0.2, 0.25) is 0 Å². The lowest BCUT2D eigenvalue weighted by molar-refractivity contribution is 0.218. The lowest BCUT2D eigenvalue weighted by Crippen LogP contribution is -2.41. The molecule has 0 aliphatic carbocycles. The van der Waals surface area contributed by atoms with E-state index in [1.165, 1.54) is 0 Å². The molecule has 1 heterocycles. The number of hydrogen-bond acceptors (Lipinski definition) is 1. The van der Waals surface area contributed by atoms with Crippen LogP contribution in [0.1, 0.15) is 34.6 Å². The van der Waals surface area contributed by atoms with Gasteiger partial charge in [0, 0.05) is 12.0 Å².